The third-order valence-corrected chi connectivity index (χ3v) is 9.28. The number of rotatable bonds is 0. The SMILES string of the molecule is CC12CC3=C4C5C=CC6C(=C(C1)CC2(C)C3)C1C=CC4C1C56. The predicted molar refractivity (Wildman–Crippen MR) is 88.0 cm³/mol. The maximum absolute atomic E-state index is 2.63. The van der Waals surface area contributed by atoms with E-state index >= 15 is 0 Å². The average molecular weight is 288 g/mol. The van der Waals surface area contributed by atoms with Crippen LogP contribution in [0.15, 0.2) is 46.6 Å². The van der Waals surface area contributed by atoms with Crippen LogP contribution in [-0.2, 0) is 0 Å². The maximum Gasteiger partial charge on any atom is 0.00260 e. The quantitative estimate of drug-likeness (QED) is 0.547. The minimum atomic E-state index is 0.553. The van der Waals surface area contributed by atoms with Gasteiger partial charge < -0.3 is 0 Å². The van der Waals surface area contributed by atoms with Crippen LogP contribution in [0.4, 0.5) is 0 Å². The highest BCUT2D eigenvalue weighted by molar-refractivity contribution is 5.53. The van der Waals surface area contributed by atoms with Gasteiger partial charge in [0.1, 0.15) is 0 Å². The van der Waals surface area contributed by atoms with Crippen molar-refractivity contribution in [2.75, 3.05) is 0 Å². The summed E-state index contributed by atoms with van der Waals surface area (Å²) in [7, 11) is 0. The highest BCUT2D eigenvalue weighted by Crippen LogP contribution is 2.75. The molecule has 10 aliphatic rings. The molecule has 0 N–H and O–H groups in total. The molecule has 4 unspecified atom stereocenters. The topological polar surface area (TPSA) is 0 Å². The van der Waals surface area contributed by atoms with E-state index in [9.17, 15) is 0 Å². The zero-order valence-corrected chi connectivity index (χ0v) is 13.6. The summed E-state index contributed by atoms with van der Waals surface area (Å²) in [6.45, 7) is 5.23. The first-order chi connectivity index (χ1) is 10.6. The number of hydrogen-bond donors (Lipinski definition) is 0. The van der Waals surface area contributed by atoms with Crippen LogP contribution in [0.25, 0.3) is 0 Å². The van der Waals surface area contributed by atoms with Gasteiger partial charge in [-0.1, -0.05) is 60.4 Å². The van der Waals surface area contributed by atoms with Crippen molar-refractivity contribution in [3.8, 4) is 0 Å². The Morgan fingerprint density at radius 2 is 0.955 bits per heavy atom. The fraction of sp³-hybridized carbons (Fsp3) is 0.636. The molecule has 0 spiro atoms. The summed E-state index contributed by atoms with van der Waals surface area (Å²) in [5, 5.41) is 0. The molecule has 10 rings (SSSR count). The molecule has 0 aromatic carbocycles. The lowest BCUT2D eigenvalue weighted by Crippen LogP contribution is -2.25. The van der Waals surface area contributed by atoms with Gasteiger partial charge in [0.15, 0.2) is 0 Å². The lowest BCUT2D eigenvalue weighted by atomic mass is 9.71. The summed E-state index contributed by atoms with van der Waals surface area (Å²) >= 11 is 0. The van der Waals surface area contributed by atoms with Crippen LogP contribution in [0.3, 0.4) is 0 Å². The summed E-state index contributed by atoms with van der Waals surface area (Å²) in [5.41, 5.74) is 8.72. The fourth-order valence-corrected chi connectivity index (χ4v) is 8.42. The molecule has 4 saturated carbocycles. The molecule has 112 valence electrons. The lowest BCUT2D eigenvalue weighted by molar-refractivity contribution is 0.157. The normalized spacial score (nSPS) is 61.0. The highest BCUT2D eigenvalue weighted by atomic mass is 14.7. The van der Waals surface area contributed by atoms with Crippen LogP contribution in [0.2, 0.25) is 0 Å². The molecule has 0 aromatic rings. The van der Waals surface area contributed by atoms with Crippen LogP contribution < -0.4 is 0 Å². The lowest BCUT2D eigenvalue weighted by Gasteiger charge is -2.33. The molecular formula is C22H24. The van der Waals surface area contributed by atoms with E-state index in [4.69, 9.17) is 0 Å². The molecule has 0 heterocycles. The second kappa shape index (κ2) is 2.99. The minimum Gasteiger partial charge on any atom is -0.0804 e. The molecule has 0 amide bonds. The van der Waals surface area contributed by atoms with E-state index < -0.39 is 0 Å². The Morgan fingerprint density at radius 1 is 0.636 bits per heavy atom. The van der Waals surface area contributed by atoms with Crippen molar-refractivity contribution in [1.82, 2.24) is 0 Å². The molecule has 4 atom stereocenters. The monoisotopic (exact) mass is 288 g/mol. The molecule has 0 radical (unpaired) electrons. The zero-order chi connectivity index (χ0) is 14.4. The van der Waals surface area contributed by atoms with E-state index in [0.717, 1.165) is 35.5 Å². The van der Waals surface area contributed by atoms with Crippen molar-refractivity contribution in [2.45, 2.75) is 39.5 Å². The van der Waals surface area contributed by atoms with Crippen molar-refractivity contribution in [3.63, 3.8) is 0 Å². The van der Waals surface area contributed by atoms with E-state index in [-0.39, 0.29) is 0 Å². The molecule has 0 heteroatoms. The number of allylic oxidation sites excluding steroid dienone is 8. The summed E-state index contributed by atoms with van der Waals surface area (Å²) in [5.74, 6) is 5.11. The molecule has 0 aliphatic heterocycles. The van der Waals surface area contributed by atoms with Gasteiger partial charge in [-0.25, -0.2) is 0 Å². The Hall–Kier alpha value is -1.04. The molecule has 0 saturated heterocycles. The smallest absolute Gasteiger partial charge is 0.00260 e. The third-order valence-electron chi connectivity index (χ3n) is 9.28. The van der Waals surface area contributed by atoms with E-state index in [1.807, 2.05) is 22.3 Å². The minimum absolute atomic E-state index is 0.553. The third kappa shape index (κ3) is 0.910. The zero-order valence-electron chi connectivity index (χ0n) is 13.6. The molecule has 0 aromatic heterocycles. The van der Waals surface area contributed by atoms with Gasteiger partial charge in [-0.3, -0.25) is 0 Å². The van der Waals surface area contributed by atoms with Gasteiger partial charge in [-0.15, -0.1) is 0 Å². The van der Waals surface area contributed by atoms with E-state index in [2.05, 4.69) is 38.2 Å². The summed E-state index contributed by atoms with van der Waals surface area (Å²) in [6.07, 6.45) is 16.1. The van der Waals surface area contributed by atoms with E-state index in [0.29, 0.717) is 10.8 Å². The van der Waals surface area contributed by atoms with Crippen LogP contribution in [0, 0.1) is 46.3 Å². The van der Waals surface area contributed by atoms with Crippen LogP contribution in [0.1, 0.15) is 39.5 Å². The summed E-state index contributed by atoms with van der Waals surface area (Å²) in [4.78, 5) is 0. The van der Waals surface area contributed by atoms with E-state index in [1.165, 1.54) is 25.7 Å². The van der Waals surface area contributed by atoms with E-state index in [1.54, 1.807) is 0 Å². The summed E-state index contributed by atoms with van der Waals surface area (Å²) < 4.78 is 0. The molecule has 10 aliphatic carbocycles. The van der Waals surface area contributed by atoms with Crippen molar-refractivity contribution in [2.24, 2.45) is 46.3 Å². The van der Waals surface area contributed by atoms with Gasteiger partial charge in [-0.2, -0.15) is 0 Å². The standard InChI is InChI=1S/C22H24/c1-21-7-11-9-22(21,2)10-12(8-21)18-14-4-3-13-17(11)15-5-6-16(18)20(15)19(13)14/h3-6,13-16,19-20H,7-10H2,1-2H3. The van der Waals surface area contributed by atoms with Crippen LogP contribution >= 0.6 is 0 Å². The average Bonchev–Trinajstić information content (AvgIpc) is 3.17. The molecule has 4 fully saturated rings. The van der Waals surface area contributed by atoms with Gasteiger partial charge in [0.25, 0.3) is 0 Å². The molecule has 0 nitrogen and oxygen atoms in total. The van der Waals surface area contributed by atoms with Crippen molar-refractivity contribution < 1.29 is 0 Å². The Labute approximate surface area is 133 Å². The van der Waals surface area contributed by atoms with Crippen molar-refractivity contribution in [1.29, 1.82) is 0 Å². The molecular weight excluding hydrogens is 264 g/mol. The predicted octanol–water partition coefficient (Wildman–Crippen LogP) is 5.06. The number of hydrogen-bond acceptors (Lipinski definition) is 0. The molecule has 22 heavy (non-hydrogen) atoms. The molecule has 12 bridgehead atoms. The van der Waals surface area contributed by atoms with Gasteiger partial charge >= 0.3 is 0 Å². The van der Waals surface area contributed by atoms with Crippen molar-refractivity contribution >= 4 is 0 Å². The largest absolute Gasteiger partial charge is 0.0804 e. The van der Waals surface area contributed by atoms with Gasteiger partial charge in [0.2, 0.25) is 0 Å². The first-order valence-corrected chi connectivity index (χ1v) is 9.40. The second-order valence-electron chi connectivity index (χ2n) is 9.97. The Kier molecular flexibility index (Phi) is 1.56. The second-order valence-corrected chi connectivity index (χ2v) is 9.97. The maximum atomic E-state index is 2.63. The Bertz CT molecular complexity index is 656. The van der Waals surface area contributed by atoms with Gasteiger partial charge in [-0.05, 0) is 48.3 Å². The van der Waals surface area contributed by atoms with Crippen LogP contribution in [-0.4, -0.2) is 0 Å². The Morgan fingerprint density at radius 3 is 1.27 bits per heavy atom. The summed E-state index contributed by atoms with van der Waals surface area (Å²) in [6, 6.07) is 0. The van der Waals surface area contributed by atoms with Gasteiger partial charge in [0, 0.05) is 23.7 Å². The van der Waals surface area contributed by atoms with Gasteiger partial charge in [0.05, 0.1) is 0 Å². The Balaban J connectivity index is 1.65. The van der Waals surface area contributed by atoms with Crippen molar-refractivity contribution in [3.05, 3.63) is 46.6 Å². The van der Waals surface area contributed by atoms with Crippen LogP contribution in [0.5, 0.6) is 0 Å². The fourth-order valence-electron chi connectivity index (χ4n) is 8.42. The first kappa shape index (κ1) is 11.5. The first-order valence-electron chi connectivity index (χ1n) is 9.40. The highest BCUT2D eigenvalue weighted by Gasteiger charge is 2.66.